The van der Waals surface area contributed by atoms with Gasteiger partial charge in [-0.25, -0.2) is 0 Å². The van der Waals surface area contributed by atoms with Crippen molar-refractivity contribution in [3.8, 4) is 0 Å². The molecule has 16 heavy (non-hydrogen) atoms. The Bertz CT molecular complexity index is 289. The van der Waals surface area contributed by atoms with Crippen LogP contribution in [0.4, 0.5) is 11.4 Å². The van der Waals surface area contributed by atoms with E-state index >= 15 is 0 Å². The fourth-order valence-electron chi connectivity index (χ4n) is 1.40. The lowest BCUT2D eigenvalue weighted by Gasteiger charge is -2.07. The molecule has 0 saturated carbocycles. The van der Waals surface area contributed by atoms with Crippen LogP contribution in [0.25, 0.3) is 0 Å². The molecule has 0 unspecified atom stereocenters. The highest BCUT2D eigenvalue weighted by molar-refractivity contribution is 5.53. The van der Waals surface area contributed by atoms with Crippen molar-refractivity contribution in [3.63, 3.8) is 0 Å². The lowest BCUT2D eigenvalue weighted by Crippen LogP contribution is -2.06. The summed E-state index contributed by atoms with van der Waals surface area (Å²) in [5.41, 5.74) is 7.55. The number of rotatable bonds is 8. The third-order valence-electron chi connectivity index (χ3n) is 2.32. The zero-order valence-electron chi connectivity index (χ0n) is 10.0. The summed E-state index contributed by atoms with van der Waals surface area (Å²) in [5.74, 6) is 0. The number of hydrogen-bond acceptors (Lipinski definition) is 3. The Hall–Kier alpha value is -1.22. The summed E-state index contributed by atoms with van der Waals surface area (Å²) < 4.78 is 5.47. The van der Waals surface area contributed by atoms with Crippen molar-refractivity contribution in [2.45, 2.75) is 26.2 Å². The van der Waals surface area contributed by atoms with Gasteiger partial charge in [0.05, 0.1) is 0 Å². The van der Waals surface area contributed by atoms with Crippen LogP contribution in [0.5, 0.6) is 0 Å². The van der Waals surface area contributed by atoms with Crippen molar-refractivity contribution in [1.29, 1.82) is 0 Å². The van der Waals surface area contributed by atoms with Gasteiger partial charge in [-0.15, -0.1) is 0 Å². The van der Waals surface area contributed by atoms with Crippen molar-refractivity contribution in [2.75, 3.05) is 30.8 Å². The molecular formula is C13H22N2O. The molecule has 0 aliphatic carbocycles. The normalized spacial score (nSPS) is 10.3. The van der Waals surface area contributed by atoms with E-state index in [0.29, 0.717) is 0 Å². The molecule has 0 aliphatic rings. The van der Waals surface area contributed by atoms with Gasteiger partial charge in [-0.3, -0.25) is 0 Å². The van der Waals surface area contributed by atoms with Crippen molar-refractivity contribution < 1.29 is 4.74 Å². The van der Waals surface area contributed by atoms with Gasteiger partial charge in [0, 0.05) is 31.1 Å². The predicted octanol–water partition coefficient (Wildman–Crippen LogP) is 2.89. The Morgan fingerprint density at radius 3 is 2.81 bits per heavy atom. The average Bonchev–Trinajstić information content (AvgIpc) is 2.28. The van der Waals surface area contributed by atoms with Gasteiger partial charge in [-0.1, -0.05) is 19.4 Å². The smallest absolute Gasteiger partial charge is 0.0482 e. The summed E-state index contributed by atoms with van der Waals surface area (Å²) in [6, 6.07) is 7.81. The molecule has 1 aromatic carbocycles. The molecule has 0 fully saturated rings. The maximum Gasteiger partial charge on any atom is 0.0482 e. The SMILES string of the molecule is CCCCOCCCNc1cccc(N)c1. The topological polar surface area (TPSA) is 47.3 Å². The van der Waals surface area contributed by atoms with E-state index in [0.717, 1.165) is 44.0 Å². The van der Waals surface area contributed by atoms with Crippen LogP contribution in [0.2, 0.25) is 0 Å². The fourth-order valence-corrected chi connectivity index (χ4v) is 1.40. The first-order chi connectivity index (χ1) is 7.83. The van der Waals surface area contributed by atoms with Crippen LogP contribution in [-0.4, -0.2) is 19.8 Å². The second-order valence-electron chi connectivity index (χ2n) is 3.87. The standard InChI is InChI=1S/C13H22N2O/c1-2-3-9-16-10-5-8-15-13-7-4-6-12(14)11-13/h4,6-7,11,15H,2-3,5,8-10,14H2,1H3. The largest absolute Gasteiger partial charge is 0.399 e. The Morgan fingerprint density at radius 1 is 1.25 bits per heavy atom. The van der Waals surface area contributed by atoms with E-state index in [2.05, 4.69) is 12.2 Å². The number of nitrogens with one attached hydrogen (secondary N) is 1. The molecule has 1 aromatic rings. The first kappa shape index (κ1) is 12.8. The zero-order chi connectivity index (χ0) is 11.6. The maximum atomic E-state index is 5.68. The monoisotopic (exact) mass is 222 g/mol. The number of anilines is 2. The van der Waals surface area contributed by atoms with Crippen molar-refractivity contribution in [3.05, 3.63) is 24.3 Å². The van der Waals surface area contributed by atoms with Crippen LogP contribution in [0, 0.1) is 0 Å². The van der Waals surface area contributed by atoms with Gasteiger partial charge in [-0.2, -0.15) is 0 Å². The number of unbranched alkanes of at least 4 members (excludes halogenated alkanes) is 1. The summed E-state index contributed by atoms with van der Waals surface area (Å²) in [5, 5.41) is 3.32. The summed E-state index contributed by atoms with van der Waals surface area (Å²) in [6.45, 7) is 4.81. The molecule has 0 aliphatic heterocycles. The lowest BCUT2D eigenvalue weighted by atomic mass is 10.3. The molecule has 3 N–H and O–H groups in total. The molecular weight excluding hydrogens is 200 g/mol. The third-order valence-corrected chi connectivity index (χ3v) is 2.32. The quantitative estimate of drug-likeness (QED) is 0.525. The minimum absolute atomic E-state index is 0.796. The minimum atomic E-state index is 0.796. The van der Waals surface area contributed by atoms with Crippen LogP contribution >= 0.6 is 0 Å². The van der Waals surface area contributed by atoms with Gasteiger partial charge < -0.3 is 15.8 Å². The molecule has 0 amide bonds. The second-order valence-corrected chi connectivity index (χ2v) is 3.87. The van der Waals surface area contributed by atoms with E-state index in [1.807, 2.05) is 24.3 Å². The second kappa shape index (κ2) is 7.99. The van der Waals surface area contributed by atoms with Gasteiger partial charge >= 0.3 is 0 Å². The molecule has 0 spiro atoms. The molecule has 0 atom stereocenters. The van der Waals surface area contributed by atoms with Gasteiger partial charge in [0.15, 0.2) is 0 Å². The molecule has 3 nitrogen and oxygen atoms in total. The number of nitrogens with two attached hydrogens (primary N) is 1. The summed E-state index contributed by atoms with van der Waals surface area (Å²) >= 11 is 0. The number of benzene rings is 1. The van der Waals surface area contributed by atoms with E-state index in [-0.39, 0.29) is 0 Å². The van der Waals surface area contributed by atoms with Crippen LogP contribution in [-0.2, 0) is 4.74 Å². The van der Waals surface area contributed by atoms with Crippen LogP contribution in [0.3, 0.4) is 0 Å². The molecule has 1 rings (SSSR count). The average molecular weight is 222 g/mol. The van der Waals surface area contributed by atoms with E-state index in [1.165, 1.54) is 6.42 Å². The van der Waals surface area contributed by atoms with Gasteiger partial charge in [0.1, 0.15) is 0 Å². The summed E-state index contributed by atoms with van der Waals surface area (Å²) in [7, 11) is 0. The van der Waals surface area contributed by atoms with Gasteiger partial charge in [-0.05, 0) is 31.0 Å². The molecule has 0 heterocycles. The highest BCUT2D eigenvalue weighted by Gasteiger charge is 1.92. The van der Waals surface area contributed by atoms with Crippen LogP contribution < -0.4 is 11.1 Å². The van der Waals surface area contributed by atoms with Gasteiger partial charge in [0.25, 0.3) is 0 Å². The molecule has 0 radical (unpaired) electrons. The first-order valence-electron chi connectivity index (χ1n) is 6.00. The minimum Gasteiger partial charge on any atom is -0.399 e. The molecule has 0 bridgehead atoms. The van der Waals surface area contributed by atoms with Crippen molar-refractivity contribution >= 4 is 11.4 Å². The first-order valence-corrected chi connectivity index (χ1v) is 6.00. The zero-order valence-corrected chi connectivity index (χ0v) is 10.0. The predicted molar refractivity (Wildman–Crippen MR) is 69.7 cm³/mol. The number of hydrogen-bond donors (Lipinski definition) is 2. The van der Waals surface area contributed by atoms with E-state index in [4.69, 9.17) is 10.5 Å². The highest BCUT2D eigenvalue weighted by atomic mass is 16.5. The Morgan fingerprint density at radius 2 is 2.06 bits per heavy atom. The maximum absolute atomic E-state index is 5.68. The summed E-state index contributed by atoms with van der Waals surface area (Å²) in [4.78, 5) is 0. The van der Waals surface area contributed by atoms with Crippen molar-refractivity contribution in [2.24, 2.45) is 0 Å². The summed E-state index contributed by atoms with van der Waals surface area (Å²) in [6.07, 6.45) is 3.38. The van der Waals surface area contributed by atoms with E-state index < -0.39 is 0 Å². The third kappa shape index (κ3) is 5.61. The highest BCUT2D eigenvalue weighted by Crippen LogP contribution is 2.11. The molecule has 0 saturated heterocycles. The fraction of sp³-hybridized carbons (Fsp3) is 0.538. The molecule has 90 valence electrons. The van der Waals surface area contributed by atoms with Gasteiger partial charge in [0.2, 0.25) is 0 Å². The van der Waals surface area contributed by atoms with Crippen molar-refractivity contribution in [1.82, 2.24) is 0 Å². The Kier molecular flexibility index (Phi) is 6.42. The van der Waals surface area contributed by atoms with Crippen LogP contribution in [0.1, 0.15) is 26.2 Å². The van der Waals surface area contributed by atoms with Crippen LogP contribution in [0.15, 0.2) is 24.3 Å². The van der Waals surface area contributed by atoms with E-state index in [1.54, 1.807) is 0 Å². The Labute approximate surface area is 98.0 Å². The molecule has 0 aromatic heterocycles. The Balaban J connectivity index is 2.03. The lowest BCUT2D eigenvalue weighted by molar-refractivity contribution is 0.131. The van der Waals surface area contributed by atoms with E-state index in [9.17, 15) is 0 Å². The number of ether oxygens (including phenoxy) is 1. The number of nitrogen functional groups attached to an aromatic ring is 1. The molecule has 3 heteroatoms.